The van der Waals surface area contributed by atoms with Gasteiger partial charge in [0.05, 0.1) is 23.8 Å². The number of hydrazone groups is 1. The Hall–Kier alpha value is -4.04. The fraction of sp³-hybridized carbons (Fsp3) is 0.233. The number of rotatable bonds is 7. The van der Waals surface area contributed by atoms with Gasteiger partial charge < -0.3 is 14.7 Å². The Morgan fingerprint density at radius 3 is 2.42 bits per heavy atom. The second kappa shape index (κ2) is 11.1. The third-order valence-corrected chi connectivity index (χ3v) is 7.73. The number of amidine groups is 1. The van der Waals surface area contributed by atoms with Crippen molar-refractivity contribution < 1.29 is 14.6 Å². The molecule has 0 saturated carbocycles. The van der Waals surface area contributed by atoms with Gasteiger partial charge in [0.15, 0.2) is 5.17 Å². The SMILES string of the molecule is CCN(CC)c1ccc(/C=C2\SC(N3N=C(c4ccc(OC)cc4)CC3c3ccccc3O)=NC2=O)cc1. The molecule has 3 aromatic carbocycles. The van der Waals surface area contributed by atoms with Crippen molar-refractivity contribution in [1.29, 1.82) is 0 Å². The molecule has 2 aliphatic heterocycles. The number of phenolic OH excluding ortho intramolecular Hbond substituents is 1. The molecule has 0 bridgehead atoms. The van der Waals surface area contributed by atoms with Crippen molar-refractivity contribution in [3.63, 3.8) is 0 Å². The van der Waals surface area contributed by atoms with Crippen molar-refractivity contribution in [2.24, 2.45) is 10.1 Å². The standard InChI is InChI=1S/C30H30N4O3S/c1-4-33(5-2)22-14-10-20(11-15-22)18-28-29(36)31-30(38-28)34-26(24-8-6-7-9-27(24)35)19-25(32-34)21-12-16-23(37-3)17-13-21/h6-18,26,35H,4-5,19H2,1-3H3/b28-18-. The van der Waals surface area contributed by atoms with Crippen LogP contribution in [0.3, 0.4) is 0 Å². The molecule has 7 nitrogen and oxygen atoms in total. The van der Waals surface area contributed by atoms with E-state index in [0.717, 1.165) is 46.9 Å². The van der Waals surface area contributed by atoms with E-state index in [1.54, 1.807) is 24.3 Å². The minimum Gasteiger partial charge on any atom is -0.508 e. The van der Waals surface area contributed by atoms with Gasteiger partial charge in [0, 0.05) is 30.8 Å². The van der Waals surface area contributed by atoms with Gasteiger partial charge in [0.25, 0.3) is 5.91 Å². The number of ether oxygens (including phenoxy) is 1. The third-order valence-electron chi connectivity index (χ3n) is 6.75. The molecule has 5 rings (SSSR count). The molecule has 2 heterocycles. The predicted molar refractivity (Wildman–Crippen MR) is 155 cm³/mol. The summed E-state index contributed by atoms with van der Waals surface area (Å²) >= 11 is 1.31. The number of phenols is 1. The highest BCUT2D eigenvalue weighted by molar-refractivity contribution is 8.18. The quantitative estimate of drug-likeness (QED) is 0.377. The van der Waals surface area contributed by atoms with E-state index < -0.39 is 0 Å². The second-order valence-corrected chi connectivity index (χ2v) is 9.98. The number of benzene rings is 3. The molecule has 1 unspecified atom stereocenters. The van der Waals surface area contributed by atoms with E-state index in [-0.39, 0.29) is 17.7 Å². The molecule has 8 heteroatoms. The zero-order chi connectivity index (χ0) is 26.6. The van der Waals surface area contributed by atoms with Crippen LogP contribution in [0.4, 0.5) is 5.69 Å². The first-order chi connectivity index (χ1) is 18.5. The summed E-state index contributed by atoms with van der Waals surface area (Å²) in [6.07, 6.45) is 2.43. The van der Waals surface area contributed by atoms with Crippen LogP contribution >= 0.6 is 11.8 Å². The Kier molecular flexibility index (Phi) is 7.51. The zero-order valence-corrected chi connectivity index (χ0v) is 22.5. The molecule has 194 valence electrons. The Morgan fingerprint density at radius 1 is 1.05 bits per heavy atom. The molecule has 0 aromatic heterocycles. The van der Waals surface area contributed by atoms with Gasteiger partial charge in [-0.05, 0) is 85.3 Å². The van der Waals surface area contributed by atoms with Crippen LogP contribution in [-0.2, 0) is 4.79 Å². The fourth-order valence-electron chi connectivity index (χ4n) is 4.67. The molecule has 1 atom stereocenters. The number of nitrogens with zero attached hydrogens (tertiary/aromatic N) is 4. The summed E-state index contributed by atoms with van der Waals surface area (Å²) in [5.74, 6) is 0.664. The highest BCUT2D eigenvalue weighted by atomic mass is 32.2. The highest BCUT2D eigenvalue weighted by Crippen LogP contribution is 2.42. The average Bonchev–Trinajstić information content (AvgIpc) is 3.54. The van der Waals surface area contributed by atoms with Gasteiger partial charge in [-0.15, -0.1) is 0 Å². The molecule has 0 aliphatic carbocycles. The van der Waals surface area contributed by atoms with E-state index in [9.17, 15) is 9.90 Å². The normalized spacial score (nSPS) is 18.1. The number of aromatic hydroxyl groups is 1. The van der Waals surface area contributed by atoms with Gasteiger partial charge in [-0.1, -0.05) is 30.3 Å². The van der Waals surface area contributed by atoms with Gasteiger partial charge in [-0.25, -0.2) is 5.01 Å². The number of para-hydroxylation sites is 1. The number of anilines is 1. The summed E-state index contributed by atoms with van der Waals surface area (Å²) in [6, 6.07) is 22.9. The molecule has 0 saturated heterocycles. The lowest BCUT2D eigenvalue weighted by Gasteiger charge is -2.23. The smallest absolute Gasteiger partial charge is 0.286 e. The summed E-state index contributed by atoms with van der Waals surface area (Å²) in [5, 5.41) is 17.8. The Bertz CT molecular complexity index is 1410. The van der Waals surface area contributed by atoms with Crippen LogP contribution in [0.5, 0.6) is 11.5 Å². The van der Waals surface area contributed by atoms with Crippen molar-refractivity contribution >= 4 is 40.3 Å². The summed E-state index contributed by atoms with van der Waals surface area (Å²) in [4.78, 5) is 20.1. The van der Waals surface area contributed by atoms with Crippen LogP contribution in [0.1, 0.15) is 43.0 Å². The van der Waals surface area contributed by atoms with Gasteiger partial charge in [-0.3, -0.25) is 4.79 Å². The molecular formula is C30H30N4O3S. The number of methoxy groups -OCH3 is 1. The summed E-state index contributed by atoms with van der Waals surface area (Å²) in [6.45, 7) is 6.15. The van der Waals surface area contributed by atoms with Crippen molar-refractivity contribution in [2.75, 3.05) is 25.1 Å². The van der Waals surface area contributed by atoms with Crippen molar-refractivity contribution in [3.8, 4) is 11.5 Å². The predicted octanol–water partition coefficient (Wildman–Crippen LogP) is 6.07. The Balaban J connectivity index is 1.43. The van der Waals surface area contributed by atoms with E-state index in [1.807, 2.05) is 54.6 Å². The molecule has 0 radical (unpaired) electrons. The minimum atomic E-state index is -0.292. The number of carbonyl (C=O) groups is 1. The van der Waals surface area contributed by atoms with Crippen molar-refractivity contribution in [1.82, 2.24) is 5.01 Å². The van der Waals surface area contributed by atoms with E-state index in [0.29, 0.717) is 16.5 Å². The Labute approximate surface area is 227 Å². The summed E-state index contributed by atoms with van der Waals surface area (Å²) < 4.78 is 5.29. The third kappa shape index (κ3) is 5.17. The molecule has 0 fully saturated rings. The first-order valence-electron chi connectivity index (χ1n) is 12.7. The van der Waals surface area contributed by atoms with E-state index in [2.05, 4.69) is 35.9 Å². The van der Waals surface area contributed by atoms with Crippen LogP contribution in [0.2, 0.25) is 0 Å². The number of hydrogen-bond acceptors (Lipinski definition) is 7. The largest absolute Gasteiger partial charge is 0.508 e. The van der Waals surface area contributed by atoms with Crippen LogP contribution in [0, 0.1) is 0 Å². The van der Waals surface area contributed by atoms with Gasteiger partial charge in [0.2, 0.25) is 0 Å². The second-order valence-electron chi connectivity index (χ2n) is 8.97. The van der Waals surface area contributed by atoms with Gasteiger partial charge in [-0.2, -0.15) is 10.1 Å². The van der Waals surface area contributed by atoms with Gasteiger partial charge in [0.1, 0.15) is 11.5 Å². The molecule has 1 amide bonds. The number of amides is 1. The lowest BCUT2D eigenvalue weighted by atomic mass is 9.98. The van der Waals surface area contributed by atoms with E-state index in [1.165, 1.54) is 11.8 Å². The maximum atomic E-state index is 12.9. The van der Waals surface area contributed by atoms with Crippen molar-refractivity contribution in [2.45, 2.75) is 26.3 Å². The van der Waals surface area contributed by atoms with Crippen LogP contribution < -0.4 is 9.64 Å². The van der Waals surface area contributed by atoms with Crippen molar-refractivity contribution in [3.05, 3.63) is 94.4 Å². The maximum Gasteiger partial charge on any atom is 0.286 e. The first-order valence-corrected chi connectivity index (χ1v) is 13.5. The lowest BCUT2D eigenvalue weighted by Crippen LogP contribution is -2.23. The average molecular weight is 527 g/mol. The van der Waals surface area contributed by atoms with Crippen LogP contribution in [-0.4, -0.2) is 47.1 Å². The zero-order valence-electron chi connectivity index (χ0n) is 21.7. The van der Waals surface area contributed by atoms with E-state index >= 15 is 0 Å². The van der Waals surface area contributed by atoms with Gasteiger partial charge >= 0.3 is 0 Å². The summed E-state index contributed by atoms with van der Waals surface area (Å²) in [7, 11) is 1.63. The Morgan fingerprint density at radius 2 is 1.76 bits per heavy atom. The molecule has 3 aromatic rings. The first kappa shape index (κ1) is 25.6. The number of thioether (sulfide) groups is 1. The summed E-state index contributed by atoms with van der Waals surface area (Å²) in [5.41, 5.74) is 4.63. The minimum absolute atomic E-state index is 0.188. The molecule has 2 aliphatic rings. The molecular weight excluding hydrogens is 496 g/mol. The number of aliphatic imine (C=N–C) groups is 1. The topological polar surface area (TPSA) is 77.7 Å². The monoisotopic (exact) mass is 526 g/mol. The highest BCUT2D eigenvalue weighted by Gasteiger charge is 2.37. The van der Waals surface area contributed by atoms with Crippen LogP contribution in [0.15, 0.2) is 87.8 Å². The maximum absolute atomic E-state index is 12.9. The number of carbonyl (C=O) groups excluding carboxylic acids is 1. The van der Waals surface area contributed by atoms with Crippen LogP contribution in [0.25, 0.3) is 6.08 Å². The fourth-order valence-corrected chi connectivity index (χ4v) is 5.59. The molecule has 38 heavy (non-hydrogen) atoms. The van der Waals surface area contributed by atoms with E-state index in [4.69, 9.17) is 9.84 Å². The lowest BCUT2D eigenvalue weighted by molar-refractivity contribution is -0.113. The molecule has 0 spiro atoms. The number of hydrogen-bond donors (Lipinski definition) is 1. The molecule has 1 N–H and O–H groups in total.